The minimum Gasteiger partial charge on any atom is -1.00 e. The molecule has 26 heavy (non-hydrogen) atoms. The fourth-order valence-corrected chi connectivity index (χ4v) is 3.07. The van der Waals surface area contributed by atoms with E-state index >= 15 is 0 Å². The third-order valence-electron chi connectivity index (χ3n) is 4.03. The minimum absolute atomic E-state index is 0. The van der Waals surface area contributed by atoms with Gasteiger partial charge in [0.1, 0.15) is 0 Å². The van der Waals surface area contributed by atoms with Crippen molar-refractivity contribution in [3.05, 3.63) is 90.0 Å². The van der Waals surface area contributed by atoms with E-state index in [1.807, 2.05) is 36.4 Å². The summed E-state index contributed by atoms with van der Waals surface area (Å²) in [5, 5.41) is 0. The van der Waals surface area contributed by atoms with E-state index in [2.05, 4.69) is 56.3 Å². The van der Waals surface area contributed by atoms with Crippen LogP contribution in [0.4, 0.5) is 0 Å². The van der Waals surface area contributed by atoms with Crippen LogP contribution >= 0.6 is 0 Å². The largest absolute Gasteiger partial charge is 1.00 e. The van der Waals surface area contributed by atoms with Crippen LogP contribution in [-0.4, -0.2) is 5.49 Å². The van der Waals surface area contributed by atoms with E-state index in [1.54, 1.807) is 0 Å². The fourth-order valence-electron chi connectivity index (χ4n) is 2.57. The summed E-state index contributed by atoms with van der Waals surface area (Å²) < 4.78 is 0. The van der Waals surface area contributed by atoms with Gasteiger partial charge in [0.2, 0.25) is 0 Å². The van der Waals surface area contributed by atoms with E-state index in [9.17, 15) is 0 Å². The van der Waals surface area contributed by atoms with Crippen LogP contribution in [0, 0.1) is 6.07 Å². The molecule has 4 heteroatoms. The van der Waals surface area contributed by atoms with Gasteiger partial charge in [-0.15, -0.1) is 5.56 Å². The Labute approximate surface area is 185 Å². The molecule has 0 atom stereocenters. The molecule has 0 unspecified atom stereocenters. The van der Waals surface area contributed by atoms with E-state index in [1.165, 1.54) is 57.3 Å². The van der Waals surface area contributed by atoms with Gasteiger partial charge < -0.3 is 24.8 Å². The molecule has 0 nitrogen and oxygen atoms in total. The summed E-state index contributed by atoms with van der Waals surface area (Å²) in [5.41, 5.74) is 5.78. The summed E-state index contributed by atoms with van der Waals surface area (Å²) in [5.74, 6) is 0. The molecule has 0 saturated heterocycles. The molecule has 0 amide bonds. The van der Waals surface area contributed by atoms with Gasteiger partial charge in [0.25, 0.3) is 0 Å². The first-order valence-electron chi connectivity index (χ1n) is 8.57. The molecule has 4 rings (SSSR count). The predicted molar refractivity (Wildman–Crippen MR) is 102 cm³/mol. The van der Waals surface area contributed by atoms with Gasteiger partial charge in [-0.1, -0.05) is 35.4 Å². The van der Waals surface area contributed by atoms with Crippen LogP contribution in [0.2, 0.25) is 12.1 Å². The summed E-state index contributed by atoms with van der Waals surface area (Å²) in [6.07, 6.45) is 1.05. The van der Waals surface area contributed by atoms with Crippen LogP contribution in [-0.2, 0) is 29.4 Å². The van der Waals surface area contributed by atoms with Crippen molar-refractivity contribution in [2.75, 3.05) is 0 Å². The Morgan fingerprint density at radius 2 is 1.54 bits per heavy atom. The van der Waals surface area contributed by atoms with Crippen LogP contribution in [0.5, 0.6) is 0 Å². The SMILES string of the molecule is CC[Si](=[Hf+2])CC.[Cl-].[Cl-].[c-]1cccc2c1Cc1ccccc1-2.c1cc[cH-]c1. The summed E-state index contributed by atoms with van der Waals surface area (Å²) in [7, 11) is 0. The third-order valence-corrected chi connectivity index (χ3v) is 13.4. The van der Waals surface area contributed by atoms with E-state index in [-0.39, 0.29) is 30.3 Å². The number of hydrogen-bond acceptors (Lipinski definition) is 0. The second-order valence-corrected chi connectivity index (χ2v) is 15.9. The molecular weight excluding hydrogens is 542 g/mol. The normalized spacial score (nSPS) is 9.69. The molecule has 0 N–H and O–H groups in total. The standard InChI is InChI=1S/C13H9.C5H5.C4H10Si.2ClH.Hf/c1-3-7-12-10(5-1)9-11-6-2-4-8-13(11)12;1-2-4-5-3-1;1-3-5-4-2;;;/h1-5,7-8H,9H2;1-5H;3-4H2,1-2H3;2*1H;/q2*-1;;;;+2/p-2. The topological polar surface area (TPSA) is 0 Å². The van der Waals surface area contributed by atoms with Crippen LogP contribution in [0.1, 0.15) is 25.0 Å². The van der Waals surface area contributed by atoms with Gasteiger partial charge in [0, 0.05) is 0 Å². The van der Waals surface area contributed by atoms with Gasteiger partial charge >= 0.3 is 54.4 Å². The van der Waals surface area contributed by atoms with Crippen molar-refractivity contribution in [2.45, 2.75) is 32.4 Å². The van der Waals surface area contributed by atoms with Gasteiger partial charge in [0.05, 0.1) is 0 Å². The number of hydrogen-bond donors (Lipinski definition) is 0. The second kappa shape index (κ2) is 14.5. The Balaban J connectivity index is 0.000000410. The molecule has 0 heterocycles. The Morgan fingerprint density at radius 1 is 0.923 bits per heavy atom. The van der Waals surface area contributed by atoms with Crippen LogP contribution in [0.25, 0.3) is 11.1 Å². The van der Waals surface area contributed by atoms with Crippen LogP contribution in [0.15, 0.2) is 72.8 Å². The van der Waals surface area contributed by atoms with Crippen molar-refractivity contribution in [2.24, 2.45) is 0 Å². The van der Waals surface area contributed by atoms with Gasteiger partial charge in [-0.2, -0.15) is 48.0 Å². The minimum atomic E-state index is 0. The maximum absolute atomic E-state index is 3.30. The molecule has 0 radical (unpaired) electrons. The Morgan fingerprint density at radius 3 is 2.08 bits per heavy atom. The number of fused-ring (bicyclic) bond motifs is 3. The summed E-state index contributed by atoms with van der Waals surface area (Å²) >= 11 is 1.49. The van der Waals surface area contributed by atoms with Crippen molar-refractivity contribution < 1.29 is 47.8 Å². The molecule has 0 aromatic heterocycles. The van der Waals surface area contributed by atoms with E-state index < -0.39 is 0 Å². The Bertz CT molecular complexity index is 688. The van der Waals surface area contributed by atoms with Crippen molar-refractivity contribution in [1.29, 1.82) is 0 Å². The molecule has 3 aromatic carbocycles. The average Bonchev–Trinajstić information content (AvgIpc) is 3.32. The first-order valence-corrected chi connectivity index (χ1v) is 15.9. The smallest absolute Gasteiger partial charge is 0.0253 e. The van der Waals surface area contributed by atoms with E-state index in [4.69, 9.17) is 0 Å². The van der Waals surface area contributed by atoms with Crippen molar-refractivity contribution in [3.8, 4) is 11.1 Å². The summed E-state index contributed by atoms with van der Waals surface area (Å²) in [6.45, 7) is 4.62. The van der Waals surface area contributed by atoms with Gasteiger partial charge in [-0.3, -0.25) is 0 Å². The van der Waals surface area contributed by atoms with Crippen LogP contribution < -0.4 is 24.8 Å². The summed E-state index contributed by atoms with van der Waals surface area (Å²) in [6, 6.07) is 31.1. The number of halogens is 2. The van der Waals surface area contributed by atoms with Crippen molar-refractivity contribution in [3.63, 3.8) is 0 Å². The van der Waals surface area contributed by atoms with Crippen molar-refractivity contribution in [1.82, 2.24) is 0 Å². The van der Waals surface area contributed by atoms with Crippen molar-refractivity contribution >= 4 is 5.49 Å². The zero-order chi connectivity index (χ0) is 17.2. The fraction of sp³-hybridized carbons (Fsp3) is 0.227. The van der Waals surface area contributed by atoms with E-state index in [0.29, 0.717) is 0 Å². The average molecular weight is 566 g/mol. The van der Waals surface area contributed by atoms with Gasteiger partial charge in [-0.05, 0) is 6.42 Å². The molecule has 136 valence electrons. The maximum atomic E-state index is 3.30. The molecule has 1 aliphatic carbocycles. The zero-order valence-electron chi connectivity index (χ0n) is 15.3. The molecule has 0 bridgehead atoms. The molecule has 0 aliphatic heterocycles. The molecule has 3 aromatic rings. The molecule has 0 fully saturated rings. The molecule has 1 aliphatic rings. The first kappa shape index (κ1) is 25.5. The first-order chi connectivity index (χ1) is 11.8. The maximum Gasteiger partial charge on any atom is -0.0253 e. The molecule has 0 saturated carbocycles. The zero-order valence-corrected chi connectivity index (χ0v) is 21.4. The van der Waals surface area contributed by atoms with Gasteiger partial charge in [-0.25, -0.2) is 12.1 Å². The molecule has 0 spiro atoms. The summed E-state index contributed by atoms with van der Waals surface area (Å²) in [4.78, 5) is 0. The monoisotopic (exact) mass is 566 g/mol. The number of rotatable bonds is 2. The predicted octanol–water partition coefficient (Wildman–Crippen LogP) is 0.0360. The Kier molecular flexibility index (Phi) is 14.2. The quantitative estimate of drug-likeness (QED) is 0.238. The Hall–Kier alpha value is -0.543. The van der Waals surface area contributed by atoms with E-state index in [0.717, 1.165) is 6.42 Å². The third kappa shape index (κ3) is 8.00. The second-order valence-electron chi connectivity index (χ2n) is 5.67. The van der Waals surface area contributed by atoms with Crippen LogP contribution in [0.3, 0.4) is 0 Å². The number of benzene rings is 2. The van der Waals surface area contributed by atoms with Gasteiger partial charge in [0.15, 0.2) is 0 Å². The molecular formula is C22H24Cl2HfSi-2.